The molecule has 0 spiro atoms. The minimum atomic E-state index is -0.511. The van der Waals surface area contributed by atoms with Gasteiger partial charge in [0.05, 0.1) is 17.7 Å². The lowest BCUT2D eigenvalue weighted by Gasteiger charge is -2.11. The molecule has 0 aliphatic heterocycles. The maximum Gasteiger partial charge on any atom is 0.232 e. The molecule has 88 valence electrons. The lowest BCUT2D eigenvalue weighted by molar-refractivity contribution is -0.122. The molecule has 1 heterocycles. The molecular weight excluding hydrogens is 234 g/mol. The molecule has 0 atom stereocenters. The van der Waals surface area contributed by atoms with Crippen molar-refractivity contribution in [3.8, 4) is 0 Å². The number of thiophene rings is 1. The number of benzene rings is 1. The number of hydrogen-bond donors (Lipinski definition) is 2. The van der Waals surface area contributed by atoms with Crippen molar-refractivity contribution < 1.29 is 9.90 Å². The van der Waals surface area contributed by atoms with Crippen LogP contribution in [0.3, 0.4) is 0 Å². The highest BCUT2D eigenvalue weighted by Gasteiger charge is 2.49. The largest absolute Gasteiger partial charge is 0.395 e. The average Bonchev–Trinajstić information content (AvgIpc) is 3.07. The second kappa shape index (κ2) is 3.82. The van der Waals surface area contributed by atoms with Crippen LogP contribution in [0.5, 0.6) is 0 Å². The molecule has 1 aromatic heterocycles. The van der Waals surface area contributed by atoms with Gasteiger partial charge in [-0.25, -0.2) is 0 Å². The van der Waals surface area contributed by atoms with Gasteiger partial charge in [0.15, 0.2) is 0 Å². The van der Waals surface area contributed by atoms with E-state index in [2.05, 4.69) is 5.32 Å². The quantitative estimate of drug-likeness (QED) is 0.876. The van der Waals surface area contributed by atoms with Crippen LogP contribution in [0.4, 0.5) is 5.69 Å². The highest BCUT2D eigenvalue weighted by atomic mass is 32.1. The molecular formula is C13H13NO2S. The van der Waals surface area contributed by atoms with E-state index in [9.17, 15) is 9.90 Å². The van der Waals surface area contributed by atoms with Crippen LogP contribution in [0.25, 0.3) is 10.1 Å². The summed E-state index contributed by atoms with van der Waals surface area (Å²) in [5.41, 5.74) is 0.346. The molecule has 3 nitrogen and oxygen atoms in total. The Hall–Kier alpha value is -1.39. The maximum absolute atomic E-state index is 12.0. The molecule has 0 radical (unpaired) electrons. The molecule has 1 fully saturated rings. The number of aliphatic hydroxyl groups excluding tert-OH is 1. The van der Waals surface area contributed by atoms with Crippen molar-refractivity contribution in [1.29, 1.82) is 0 Å². The summed E-state index contributed by atoms with van der Waals surface area (Å²) < 4.78 is 1.16. The Labute approximate surface area is 103 Å². The van der Waals surface area contributed by atoms with Gasteiger partial charge in [-0.1, -0.05) is 18.2 Å². The van der Waals surface area contributed by atoms with E-state index in [-0.39, 0.29) is 12.5 Å². The van der Waals surface area contributed by atoms with E-state index in [0.29, 0.717) is 0 Å². The Kier molecular flexibility index (Phi) is 2.42. The number of rotatable bonds is 3. The summed E-state index contributed by atoms with van der Waals surface area (Å²) in [6, 6.07) is 7.98. The minimum Gasteiger partial charge on any atom is -0.395 e. The van der Waals surface area contributed by atoms with Crippen LogP contribution in [-0.4, -0.2) is 17.6 Å². The van der Waals surface area contributed by atoms with Gasteiger partial charge in [0, 0.05) is 15.5 Å². The molecule has 0 saturated heterocycles. The van der Waals surface area contributed by atoms with Gasteiger partial charge in [0.1, 0.15) is 0 Å². The fraction of sp³-hybridized carbons (Fsp3) is 0.308. The topological polar surface area (TPSA) is 49.3 Å². The summed E-state index contributed by atoms with van der Waals surface area (Å²) >= 11 is 1.62. The standard InChI is InChI=1S/C13H13NO2S/c15-8-13(5-6-13)12(16)14-10-7-17-11-4-2-1-3-9(10)11/h1-4,7,15H,5-6,8H2,(H,14,16). The number of nitrogens with one attached hydrogen (secondary N) is 1. The first kappa shape index (κ1) is 10.7. The number of carbonyl (C=O) groups excluding carboxylic acids is 1. The van der Waals surface area contributed by atoms with Crippen LogP contribution >= 0.6 is 11.3 Å². The normalized spacial score (nSPS) is 17.0. The third-order valence-corrected chi connectivity index (χ3v) is 4.33. The minimum absolute atomic E-state index is 0.0523. The Morgan fingerprint density at radius 2 is 2.18 bits per heavy atom. The fourth-order valence-corrected chi connectivity index (χ4v) is 2.83. The van der Waals surface area contributed by atoms with Crippen molar-refractivity contribution in [2.24, 2.45) is 5.41 Å². The highest BCUT2D eigenvalue weighted by Crippen LogP contribution is 2.46. The number of anilines is 1. The van der Waals surface area contributed by atoms with Crippen LogP contribution in [0.2, 0.25) is 0 Å². The summed E-state index contributed by atoms with van der Waals surface area (Å²) in [7, 11) is 0. The van der Waals surface area contributed by atoms with E-state index < -0.39 is 5.41 Å². The van der Waals surface area contributed by atoms with Crippen LogP contribution < -0.4 is 5.32 Å². The zero-order valence-electron chi connectivity index (χ0n) is 9.27. The third-order valence-electron chi connectivity index (χ3n) is 3.37. The number of hydrogen-bond acceptors (Lipinski definition) is 3. The summed E-state index contributed by atoms with van der Waals surface area (Å²) in [5.74, 6) is -0.0523. The van der Waals surface area contributed by atoms with Crippen LogP contribution in [0.15, 0.2) is 29.6 Å². The van der Waals surface area contributed by atoms with Crippen LogP contribution in [0.1, 0.15) is 12.8 Å². The van der Waals surface area contributed by atoms with Crippen molar-refractivity contribution in [2.45, 2.75) is 12.8 Å². The van der Waals surface area contributed by atoms with Crippen molar-refractivity contribution in [2.75, 3.05) is 11.9 Å². The average molecular weight is 247 g/mol. The predicted octanol–water partition coefficient (Wildman–Crippen LogP) is 2.61. The van der Waals surface area contributed by atoms with Gasteiger partial charge in [-0.2, -0.15) is 0 Å². The fourth-order valence-electron chi connectivity index (χ4n) is 1.94. The van der Waals surface area contributed by atoms with Gasteiger partial charge in [-0.15, -0.1) is 11.3 Å². The van der Waals surface area contributed by atoms with E-state index in [1.54, 1.807) is 11.3 Å². The summed E-state index contributed by atoms with van der Waals surface area (Å²) in [4.78, 5) is 12.0. The lowest BCUT2D eigenvalue weighted by atomic mass is 10.1. The van der Waals surface area contributed by atoms with Gasteiger partial charge in [0.2, 0.25) is 5.91 Å². The molecule has 0 unspecified atom stereocenters. The Morgan fingerprint density at radius 3 is 2.88 bits per heavy atom. The van der Waals surface area contributed by atoms with E-state index in [1.165, 1.54) is 0 Å². The Balaban J connectivity index is 1.88. The van der Waals surface area contributed by atoms with Gasteiger partial charge in [-0.05, 0) is 18.9 Å². The molecule has 4 heteroatoms. The predicted molar refractivity (Wildman–Crippen MR) is 69.2 cm³/mol. The molecule has 2 aromatic rings. The van der Waals surface area contributed by atoms with Gasteiger partial charge in [-0.3, -0.25) is 4.79 Å². The molecule has 2 N–H and O–H groups in total. The highest BCUT2D eigenvalue weighted by molar-refractivity contribution is 7.17. The summed E-state index contributed by atoms with van der Waals surface area (Å²) in [5, 5.41) is 15.2. The van der Waals surface area contributed by atoms with Crippen molar-refractivity contribution in [3.05, 3.63) is 29.6 Å². The van der Waals surface area contributed by atoms with Gasteiger partial charge >= 0.3 is 0 Å². The first-order valence-corrected chi connectivity index (χ1v) is 6.52. The Morgan fingerprint density at radius 1 is 1.41 bits per heavy atom. The number of aliphatic hydroxyl groups is 1. The first-order valence-electron chi connectivity index (χ1n) is 5.64. The maximum atomic E-state index is 12.0. The zero-order chi connectivity index (χ0) is 11.9. The van der Waals surface area contributed by atoms with E-state index in [1.807, 2.05) is 29.6 Å². The smallest absolute Gasteiger partial charge is 0.232 e. The van der Waals surface area contributed by atoms with Crippen molar-refractivity contribution >= 4 is 33.0 Å². The van der Waals surface area contributed by atoms with E-state index >= 15 is 0 Å². The number of fused-ring (bicyclic) bond motifs is 1. The summed E-state index contributed by atoms with van der Waals surface area (Å²) in [6.07, 6.45) is 1.58. The molecule has 3 rings (SSSR count). The first-order chi connectivity index (χ1) is 8.25. The van der Waals surface area contributed by atoms with Crippen molar-refractivity contribution in [3.63, 3.8) is 0 Å². The zero-order valence-corrected chi connectivity index (χ0v) is 10.1. The van der Waals surface area contributed by atoms with E-state index in [0.717, 1.165) is 28.6 Å². The third kappa shape index (κ3) is 1.73. The molecule has 1 aliphatic carbocycles. The molecule has 17 heavy (non-hydrogen) atoms. The van der Waals surface area contributed by atoms with Crippen LogP contribution in [-0.2, 0) is 4.79 Å². The molecule has 1 aromatic carbocycles. The second-order valence-corrected chi connectivity index (χ2v) is 5.45. The number of carbonyl (C=O) groups is 1. The van der Waals surface area contributed by atoms with Crippen molar-refractivity contribution in [1.82, 2.24) is 0 Å². The second-order valence-electron chi connectivity index (χ2n) is 4.54. The molecule has 1 saturated carbocycles. The SMILES string of the molecule is O=C(Nc1csc2ccccc12)C1(CO)CC1. The van der Waals surface area contributed by atoms with Crippen LogP contribution in [0, 0.1) is 5.41 Å². The molecule has 0 bridgehead atoms. The number of amides is 1. The van der Waals surface area contributed by atoms with Gasteiger partial charge < -0.3 is 10.4 Å². The molecule has 1 aliphatic rings. The summed E-state index contributed by atoms with van der Waals surface area (Å²) in [6.45, 7) is -0.0547. The lowest BCUT2D eigenvalue weighted by Crippen LogP contribution is -2.26. The monoisotopic (exact) mass is 247 g/mol. The van der Waals surface area contributed by atoms with E-state index in [4.69, 9.17) is 0 Å². The Bertz CT molecular complexity index is 572. The molecule has 1 amide bonds. The van der Waals surface area contributed by atoms with Gasteiger partial charge in [0.25, 0.3) is 0 Å².